The van der Waals surface area contributed by atoms with Crippen LogP contribution in [-0.2, 0) is 16.0 Å². The van der Waals surface area contributed by atoms with Crippen molar-refractivity contribution < 1.29 is 24.5 Å². The Balaban J connectivity index is 1.72. The molecule has 0 bridgehead atoms. The Morgan fingerprint density at radius 1 is 0.971 bits per heavy atom. The molecule has 1 amide bonds. The van der Waals surface area contributed by atoms with Crippen molar-refractivity contribution in [2.45, 2.75) is 32.4 Å². The number of aliphatic hydroxyl groups is 1. The summed E-state index contributed by atoms with van der Waals surface area (Å²) in [5.41, 5.74) is 1.98. The lowest BCUT2D eigenvalue weighted by Gasteiger charge is -2.25. The predicted octanol–water partition coefficient (Wildman–Crippen LogP) is 5.50. The average Bonchev–Trinajstić information content (AvgIpc) is 3.09. The van der Waals surface area contributed by atoms with Crippen LogP contribution in [0.3, 0.4) is 0 Å². The molecule has 1 aliphatic rings. The molecule has 1 fully saturated rings. The molecule has 7 heteroatoms. The summed E-state index contributed by atoms with van der Waals surface area (Å²) in [5, 5.41) is 21.5. The third-order valence-corrected chi connectivity index (χ3v) is 6.05. The smallest absolute Gasteiger partial charge is 0.295 e. The van der Waals surface area contributed by atoms with Gasteiger partial charge in [0.2, 0.25) is 0 Å². The third kappa shape index (κ3) is 5.33. The van der Waals surface area contributed by atoms with Gasteiger partial charge in [-0.1, -0.05) is 35.9 Å². The summed E-state index contributed by atoms with van der Waals surface area (Å²) < 4.78 is 5.65. The number of phenols is 1. The molecule has 0 saturated carbocycles. The molecule has 1 aliphatic heterocycles. The second-order valence-electron chi connectivity index (χ2n) is 8.65. The van der Waals surface area contributed by atoms with Crippen LogP contribution < -0.4 is 4.74 Å². The zero-order valence-corrected chi connectivity index (χ0v) is 20.2. The van der Waals surface area contributed by atoms with Crippen LogP contribution in [0.25, 0.3) is 5.76 Å². The molecule has 1 heterocycles. The van der Waals surface area contributed by atoms with E-state index in [2.05, 4.69) is 0 Å². The highest BCUT2D eigenvalue weighted by Crippen LogP contribution is 2.40. The maximum absolute atomic E-state index is 13.1. The number of likely N-dealkylation sites (tertiary alicyclic amines) is 1. The molecule has 0 radical (unpaired) electrons. The number of carbonyl (C=O) groups is 2. The quantitative estimate of drug-likeness (QED) is 0.259. The maximum atomic E-state index is 13.1. The van der Waals surface area contributed by atoms with E-state index in [9.17, 15) is 19.8 Å². The van der Waals surface area contributed by atoms with Gasteiger partial charge in [0.1, 0.15) is 17.3 Å². The molecule has 6 nitrogen and oxygen atoms in total. The number of ketones is 1. The van der Waals surface area contributed by atoms with E-state index in [1.54, 1.807) is 48.5 Å². The molecule has 0 spiro atoms. The Kier molecular flexibility index (Phi) is 7.12. The molecule has 3 aromatic rings. The van der Waals surface area contributed by atoms with E-state index in [1.165, 1.54) is 17.0 Å². The van der Waals surface area contributed by atoms with Crippen molar-refractivity contribution in [3.05, 3.63) is 100 Å². The normalized spacial score (nSPS) is 17.3. The lowest BCUT2D eigenvalue weighted by atomic mass is 9.95. The van der Waals surface area contributed by atoms with Gasteiger partial charge < -0.3 is 19.8 Å². The number of carbonyl (C=O) groups excluding carboxylic acids is 2. The van der Waals surface area contributed by atoms with Gasteiger partial charge >= 0.3 is 0 Å². The summed E-state index contributed by atoms with van der Waals surface area (Å²) in [6.45, 7) is 4.09. The van der Waals surface area contributed by atoms with Crippen molar-refractivity contribution >= 4 is 29.1 Å². The van der Waals surface area contributed by atoms with Crippen LogP contribution in [-0.4, -0.2) is 39.5 Å². The van der Waals surface area contributed by atoms with Crippen molar-refractivity contribution in [3.63, 3.8) is 0 Å². The fourth-order valence-corrected chi connectivity index (χ4v) is 4.26. The minimum absolute atomic E-state index is 0.00471. The van der Waals surface area contributed by atoms with Crippen molar-refractivity contribution in [3.8, 4) is 11.5 Å². The first-order valence-corrected chi connectivity index (χ1v) is 11.7. The number of rotatable bonds is 7. The van der Waals surface area contributed by atoms with Crippen LogP contribution in [0.4, 0.5) is 0 Å². The topological polar surface area (TPSA) is 87.1 Å². The lowest BCUT2D eigenvalue weighted by Crippen LogP contribution is -2.31. The van der Waals surface area contributed by atoms with E-state index in [0.717, 1.165) is 5.56 Å². The van der Waals surface area contributed by atoms with Gasteiger partial charge in [0.05, 0.1) is 17.7 Å². The standard InChI is InChI=1S/C28H26ClNO5/c1-17(2)35-23-13-7-20(8-14-23)26(32)24-25(19-5-11-22(31)12-6-19)30(28(34)27(24)33)16-15-18-3-9-21(29)10-4-18/h3-14,17,25,31-32H,15-16H2,1-2H3/b26-24-. The van der Waals surface area contributed by atoms with E-state index in [0.29, 0.717) is 28.3 Å². The van der Waals surface area contributed by atoms with E-state index >= 15 is 0 Å². The number of benzene rings is 3. The number of aliphatic hydroxyl groups excluding tert-OH is 1. The Morgan fingerprint density at radius 2 is 1.60 bits per heavy atom. The molecule has 0 aromatic heterocycles. The van der Waals surface area contributed by atoms with Crippen LogP contribution in [0.15, 0.2) is 78.4 Å². The summed E-state index contributed by atoms with van der Waals surface area (Å²) in [6.07, 6.45) is 0.495. The number of hydrogen-bond donors (Lipinski definition) is 2. The first-order valence-electron chi connectivity index (χ1n) is 11.3. The molecular formula is C28H26ClNO5. The number of Topliss-reactive ketones (excluding diaryl/α,β-unsaturated/α-hetero) is 1. The Hall–Kier alpha value is -3.77. The van der Waals surface area contributed by atoms with Gasteiger partial charge in [-0.2, -0.15) is 0 Å². The van der Waals surface area contributed by atoms with E-state index in [-0.39, 0.29) is 29.7 Å². The zero-order valence-electron chi connectivity index (χ0n) is 19.4. The summed E-state index contributed by atoms with van der Waals surface area (Å²) in [4.78, 5) is 27.7. The van der Waals surface area contributed by atoms with E-state index in [4.69, 9.17) is 16.3 Å². The second kappa shape index (κ2) is 10.2. The highest BCUT2D eigenvalue weighted by atomic mass is 35.5. The van der Waals surface area contributed by atoms with Crippen molar-refractivity contribution in [2.75, 3.05) is 6.54 Å². The Morgan fingerprint density at radius 3 is 2.20 bits per heavy atom. The Labute approximate surface area is 209 Å². The minimum Gasteiger partial charge on any atom is -0.508 e. The second-order valence-corrected chi connectivity index (χ2v) is 9.09. The Bertz CT molecular complexity index is 1250. The molecule has 3 aromatic carbocycles. The summed E-state index contributed by atoms with van der Waals surface area (Å²) in [7, 11) is 0. The third-order valence-electron chi connectivity index (χ3n) is 5.80. The number of halogens is 1. The van der Waals surface area contributed by atoms with Crippen LogP contribution in [0, 0.1) is 0 Å². The fraction of sp³-hybridized carbons (Fsp3) is 0.214. The average molecular weight is 492 g/mol. The molecule has 1 saturated heterocycles. The molecule has 2 N–H and O–H groups in total. The molecule has 35 heavy (non-hydrogen) atoms. The summed E-state index contributed by atoms with van der Waals surface area (Å²) in [5.74, 6) is -0.994. The van der Waals surface area contributed by atoms with Crippen LogP contribution in [0.1, 0.15) is 36.6 Å². The number of phenolic OH excluding ortho intramolecular Hbond substituents is 1. The van der Waals surface area contributed by atoms with Gasteiger partial charge in [0, 0.05) is 17.1 Å². The zero-order chi connectivity index (χ0) is 25.1. The molecular weight excluding hydrogens is 466 g/mol. The number of hydrogen-bond acceptors (Lipinski definition) is 5. The van der Waals surface area contributed by atoms with Crippen molar-refractivity contribution in [2.24, 2.45) is 0 Å². The van der Waals surface area contributed by atoms with Crippen molar-refractivity contribution in [1.82, 2.24) is 4.90 Å². The number of aromatic hydroxyl groups is 1. The van der Waals surface area contributed by atoms with Crippen LogP contribution in [0.5, 0.6) is 11.5 Å². The van der Waals surface area contributed by atoms with Gasteiger partial charge in [-0.05, 0) is 79.9 Å². The van der Waals surface area contributed by atoms with Gasteiger partial charge in [-0.3, -0.25) is 9.59 Å². The van der Waals surface area contributed by atoms with Gasteiger partial charge in [0.25, 0.3) is 11.7 Å². The molecule has 180 valence electrons. The molecule has 4 rings (SSSR count). The van der Waals surface area contributed by atoms with Crippen LogP contribution >= 0.6 is 11.6 Å². The largest absolute Gasteiger partial charge is 0.508 e. The van der Waals surface area contributed by atoms with Crippen LogP contribution in [0.2, 0.25) is 5.02 Å². The number of nitrogens with zero attached hydrogens (tertiary/aromatic N) is 1. The monoisotopic (exact) mass is 491 g/mol. The minimum atomic E-state index is -0.797. The molecule has 1 atom stereocenters. The highest BCUT2D eigenvalue weighted by Gasteiger charge is 2.45. The van der Waals surface area contributed by atoms with Gasteiger partial charge in [0.15, 0.2) is 0 Å². The molecule has 1 unspecified atom stereocenters. The van der Waals surface area contributed by atoms with Gasteiger partial charge in [-0.15, -0.1) is 0 Å². The number of amides is 1. The summed E-state index contributed by atoms with van der Waals surface area (Å²) >= 11 is 5.97. The SMILES string of the molecule is CC(C)Oc1ccc(/C(O)=C2/C(=O)C(=O)N(CCc3ccc(Cl)cc3)C2c2ccc(O)cc2)cc1. The lowest BCUT2D eigenvalue weighted by molar-refractivity contribution is -0.139. The fourth-order valence-electron chi connectivity index (χ4n) is 4.13. The van der Waals surface area contributed by atoms with Crippen molar-refractivity contribution in [1.29, 1.82) is 0 Å². The number of ether oxygens (including phenoxy) is 1. The first kappa shape index (κ1) is 24.4. The predicted molar refractivity (Wildman–Crippen MR) is 134 cm³/mol. The van der Waals surface area contributed by atoms with Gasteiger partial charge in [-0.25, -0.2) is 0 Å². The molecule has 0 aliphatic carbocycles. The first-order chi connectivity index (χ1) is 16.7. The summed E-state index contributed by atoms with van der Waals surface area (Å²) in [6, 6.07) is 19.5. The van der Waals surface area contributed by atoms with E-state index < -0.39 is 17.7 Å². The highest BCUT2D eigenvalue weighted by molar-refractivity contribution is 6.46. The van der Waals surface area contributed by atoms with E-state index in [1.807, 2.05) is 26.0 Å². The maximum Gasteiger partial charge on any atom is 0.295 e.